The summed E-state index contributed by atoms with van der Waals surface area (Å²) in [6.07, 6.45) is 0. The van der Waals surface area contributed by atoms with Crippen LogP contribution in [0.4, 0.5) is 5.69 Å². The van der Waals surface area contributed by atoms with Gasteiger partial charge in [-0.2, -0.15) is 0 Å². The largest absolute Gasteiger partial charge is 0.495 e. The summed E-state index contributed by atoms with van der Waals surface area (Å²) in [6, 6.07) is 8.00. The highest BCUT2D eigenvalue weighted by molar-refractivity contribution is 5.81. The van der Waals surface area contributed by atoms with Crippen molar-refractivity contribution in [3.8, 4) is 5.75 Å². The van der Waals surface area contributed by atoms with Crippen LogP contribution in [0.5, 0.6) is 5.75 Å². The summed E-state index contributed by atoms with van der Waals surface area (Å²) >= 11 is 0. The zero-order valence-corrected chi connectivity index (χ0v) is 15.3. The normalized spacial score (nSPS) is 17.0. The molecule has 6 heteroatoms. The number of ether oxygens (including phenoxy) is 1. The Bertz CT molecular complexity index is 528. The highest BCUT2D eigenvalue weighted by Gasteiger charge is 2.26. The molecular formula is C18H30N4O2. The molecule has 6 nitrogen and oxygen atoms in total. The first kappa shape index (κ1) is 18.5. The summed E-state index contributed by atoms with van der Waals surface area (Å²) in [4.78, 5) is 18.9. The van der Waals surface area contributed by atoms with Gasteiger partial charge in [0.2, 0.25) is 5.91 Å². The fourth-order valence-electron chi connectivity index (χ4n) is 2.96. The van der Waals surface area contributed by atoms with E-state index in [-0.39, 0.29) is 11.9 Å². The van der Waals surface area contributed by atoms with Gasteiger partial charge in [-0.25, -0.2) is 0 Å². The molecule has 2 rings (SSSR count). The van der Waals surface area contributed by atoms with Crippen molar-refractivity contribution >= 4 is 11.6 Å². The maximum absolute atomic E-state index is 12.3. The first-order valence-electron chi connectivity index (χ1n) is 8.57. The van der Waals surface area contributed by atoms with Crippen LogP contribution in [0.25, 0.3) is 0 Å². The maximum Gasteiger partial charge on any atom is 0.237 e. The van der Waals surface area contributed by atoms with E-state index in [1.807, 2.05) is 39.2 Å². The molecule has 1 aromatic carbocycles. The summed E-state index contributed by atoms with van der Waals surface area (Å²) in [5, 5.41) is 3.02. The summed E-state index contributed by atoms with van der Waals surface area (Å²) in [7, 11) is 5.72. The standard InChI is InChI=1S/C18H30N4O2/c1-15(18(23)19-9-10-20(2)3)21-11-13-22(14-12-21)16-7-5-6-8-17(16)24-4/h5-8,15H,9-14H2,1-4H3,(H,19,23)/t15-/m1/s1. The van der Waals surface area contributed by atoms with Crippen molar-refractivity contribution in [3.05, 3.63) is 24.3 Å². The zero-order valence-electron chi connectivity index (χ0n) is 15.3. The van der Waals surface area contributed by atoms with Crippen LogP contribution in [-0.4, -0.2) is 82.2 Å². The van der Waals surface area contributed by atoms with Gasteiger partial charge in [-0.15, -0.1) is 0 Å². The molecule has 1 N–H and O–H groups in total. The number of methoxy groups -OCH3 is 1. The van der Waals surface area contributed by atoms with Crippen molar-refractivity contribution in [2.45, 2.75) is 13.0 Å². The Balaban J connectivity index is 1.84. The minimum absolute atomic E-state index is 0.0908. The quantitative estimate of drug-likeness (QED) is 0.802. The Morgan fingerprint density at radius 2 is 1.92 bits per heavy atom. The lowest BCUT2D eigenvalue weighted by Crippen LogP contribution is -2.54. The fraction of sp³-hybridized carbons (Fsp3) is 0.611. The number of hydrogen-bond acceptors (Lipinski definition) is 5. The van der Waals surface area contributed by atoms with Crippen LogP contribution in [0.2, 0.25) is 0 Å². The molecule has 1 heterocycles. The second-order valence-electron chi connectivity index (χ2n) is 6.47. The number of piperazine rings is 1. The third-order valence-corrected chi connectivity index (χ3v) is 4.53. The molecule has 0 unspecified atom stereocenters. The fourth-order valence-corrected chi connectivity index (χ4v) is 2.96. The molecule has 24 heavy (non-hydrogen) atoms. The van der Waals surface area contributed by atoms with Crippen LogP contribution in [0.3, 0.4) is 0 Å². The third-order valence-electron chi connectivity index (χ3n) is 4.53. The summed E-state index contributed by atoms with van der Waals surface area (Å²) in [6.45, 7) is 7.09. The SMILES string of the molecule is COc1ccccc1N1CCN([C@H](C)C(=O)NCCN(C)C)CC1. The number of carbonyl (C=O) groups is 1. The Morgan fingerprint density at radius 3 is 2.54 bits per heavy atom. The second kappa shape index (κ2) is 8.89. The molecule has 0 saturated carbocycles. The monoisotopic (exact) mass is 334 g/mol. The Kier molecular flexibility index (Phi) is 6.87. The van der Waals surface area contributed by atoms with E-state index in [1.54, 1.807) is 7.11 Å². The Morgan fingerprint density at radius 1 is 1.25 bits per heavy atom. The lowest BCUT2D eigenvalue weighted by molar-refractivity contribution is -0.126. The Hall–Kier alpha value is -1.79. The molecule has 1 aliphatic heterocycles. The van der Waals surface area contributed by atoms with Gasteiger partial charge in [-0.3, -0.25) is 9.69 Å². The van der Waals surface area contributed by atoms with Gasteiger partial charge < -0.3 is 19.9 Å². The van der Waals surface area contributed by atoms with Crippen LogP contribution >= 0.6 is 0 Å². The van der Waals surface area contributed by atoms with Crippen molar-refractivity contribution in [2.24, 2.45) is 0 Å². The molecule has 0 aliphatic carbocycles. The smallest absolute Gasteiger partial charge is 0.237 e. The molecule has 1 aliphatic rings. The molecule has 134 valence electrons. The molecule has 1 fully saturated rings. The van der Waals surface area contributed by atoms with Gasteiger partial charge in [0.1, 0.15) is 5.75 Å². The van der Waals surface area contributed by atoms with Gasteiger partial charge in [0.05, 0.1) is 18.8 Å². The van der Waals surface area contributed by atoms with Crippen LogP contribution in [-0.2, 0) is 4.79 Å². The number of anilines is 1. The highest BCUT2D eigenvalue weighted by Crippen LogP contribution is 2.28. The van der Waals surface area contributed by atoms with E-state index in [0.29, 0.717) is 6.54 Å². The molecule has 0 spiro atoms. The topological polar surface area (TPSA) is 48.1 Å². The van der Waals surface area contributed by atoms with E-state index in [2.05, 4.69) is 26.1 Å². The molecule has 0 bridgehead atoms. The number of nitrogens with one attached hydrogen (secondary N) is 1. The van der Waals surface area contributed by atoms with E-state index < -0.39 is 0 Å². The van der Waals surface area contributed by atoms with Gasteiger partial charge >= 0.3 is 0 Å². The van der Waals surface area contributed by atoms with Crippen LogP contribution in [0.1, 0.15) is 6.92 Å². The lowest BCUT2D eigenvalue weighted by Gasteiger charge is -2.38. The van der Waals surface area contributed by atoms with Gasteiger partial charge in [0.25, 0.3) is 0 Å². The minimum Gasteiger partial charge on any atom is -0.495 e. The van der Waals surface area contributed by atoms with E-state index in [1.165, 1.54) is 0 Å². The van der Waals surface area contributed by atoms with Crippen molar-refractivity contribution in [1.82, 2.24) is 15.1 Å². The van der Waals surface area contributed by atoms with Crippen LogP contribution in [0, 0.1) is 0 Å². The average molecular weight is 334 g/mol. The first-order chi connectivity index (χ1) is 11.5. The predicted octanol–water partition coefficient (Wildman–Crippen LogP) is 0.884. The Labute approximate surface area is 145 Å². The van der Waals surface area contributed by atoms with Gasteiger partial charge in [0, 0.05) is 39.3 Å². The number of amides is 1. The number of likely N-dealkylation sites (N-methyl/N-ethyl adjacent to an activating group) is 1. The molecular weight excluding hydrogens is 304 g/mol. The summed E-state index contributed by atoms with van der Waals surface area (Å²) in [5.41, 5.74) is 1.13. The molecule has 1 saturated heterocycles. The van der Waals surface area contributed by atoms with E-state index in [0.717, 1.165) is 44.2 Å². The second-order valence-corrected chi connectivity index (χ2v) is 6.47. The zero-order chi connectivity index (χ0) is 17.5. The number of carbonyl (C=O) groups excluding carboxylic acids is 1. The molecule has 1 aromatic rings. The molecule has 0 aromatic heterocycles. The number of benzene rings is 1. The lowest BCUT2D eigenvalue weighted by atomic mass is 10.2. The van der Waals surface area contributed by atoms with E-state index >= 15 is 0 Å². The number of rotatable bonds is 7. The minimum atomic E-state index is -0.0908. The number of nitrogens with zero attached hydrogens (tertiary/aromatic N) is 3. The van der Waals surface area contributed by atoms with Crippen molar-refractivity contribution in [1.29, 1.82) is 0 Å². The van der Waals surface area contributed by atoms with Crippen LogP contribution in [0.15, 0.2) is 24.3 Å². The summed E-state index contributed by atoms with van der Waals surface area (Å²) in [5.74, 6) is 1.02. The first-order valence-corrected chi connectivity index (χ1v) is 8.57. The van der Waals surface area contributed by atoms with Crippen LogP contribution < -0.4 is 15.0 Å². The van der Waals surface area contributed by atoms with Crippen molar-refractivity contribution in [2.75, 3.05) is 65.4 Å². The summed E-state index contributed by atoms with van der Waals surface area (Å²) < 4.78 is 5.45. The number of para-hydroxylation sites is 2. The van der Waals surface area contributed by atoms with Gasteiger partial charge in [-0.05, 0) is 33.2 Å². The number of hydrogen-bond donors (Lipinski definition) is 1. The average Bonchev–Trinajstić information content (AvgIpc) is 2.60. The predicted molar refractivity (Wildman–Crippen MR) is 97.8 cm³/mol. The van der Waals surface area contributed by atoms with Gasteiger partial charge in [-0.1, -0.05) is 12.1 Å². The van der Waals surface area contributed by atoms with Crippen molar-refractivity contribution < 1.29 is 9.53 Å². The van der Waals surface area contributed by atoms with Gasteiger partial charge in [0.15, 0.2) is 0 Å². The van der Waals surface area contributed by atoms with E-state index in [4.69, 9.17) is 4.74 Å². The molecule has 1 atom stereocenters. The highest BCUT2D eigenvalue weighted by atomic mass is 16.5. The molecule has 1 amide bonds. The van der Waals surface area contributed by atoms with E-state index in [9.17, 15) is 4.79 Å². The third kappa shape index (κ3) is 4.85. The maximum atomic E-state index is 12.3. The molecule has 0 radical (unpaired) electrons. The van der Waals surface area contributed by atoms with Crippen molar-refractivity contribution in [3.63, 3.8) is 0 Å².